The molecular formula is C19H24N2O3. The molecule has 1 saturated carbocycles. The van der Waals surface area contributed by atoms with Crippen molar-refractivity contribution in [2.24, 2.45) is 0 Å². The number of nitrogens with one attached hydrogen (secondary N) is 1. The van der Waals surface area contributed by atoms with Crippen LogP contribution in [0.25, 0.3) is 0 Å². The maximum absolute atomic E-state index is 12.3. The molecule has 1 aliphatic carbocycles. The number of hydrogen-bond acceptors (Lipinski definition) is 3. The summed E-state index contributed by atoms with van der Waals surface area (Å²) in [6, 6.07) is 8.74. The van der Waals surface area contributed by atoms with Crippen LogP contribution in [0.4, 0.5) is 0 Å². The molecule has 0 radical (unpaired) electrons. The van der Waals surface area contributed by atoms with Crippen LogP contribution in [0.1, 0.15) is 42.7 Å². The topological polar surface area (TPSA) is 69.6 Å². The average molecular weight is 328 g/mol. The van der Waals surface area contributed by atoms with Gasteiger partial charge in [-0.15, -0.1) is 0 Å². The summed E-state index contributed by atoms with van der Waals surface area (Å²) in [5.74, 6) is -0.666. The number of carbonyl (C=O) groups is 2. The smallest absolute Gasteiger partial charge is 0.289 e. The van der Waals surface area contributed by atoms with E-state index in [-0.39, 0.29) is 24.1 Å². The van der Waals surface area contributed by atoms with Crippen LogP contribution in [0.3, 0.4) is 0 Å². The Morgan fingerprint density at radius 3 is 2.54 bits per heavy atom. The van der Waals surface area contributed by atoms with Crippen molar-refractivity contribution in [3.63, 3.8) is 0 Å². The van der Waals surface area contributed by atoms with Crippen molar-refractivity contribution >= 4 is 11.8 Å². The van der Waals surface area contributed by atoms with Crippen molar-refractivity contribution in [2.75, 3.05) is 13.6 Å². The number of aryl methyl sites for hydroxylation is 1. The molecule has 0 atom stereocenters. The lowest BCUT2D eigenvalue weighted by atomic mass is 9.81. The van der Waals surface area contributed by atoms with Gasteiger partial charge in [0.1, 0.15) is 0 Å². The largest absolute Gasteiger partial charge is 0.503 e. The van der Waals surface area contributed by atoms with E-state index in [1.165, 1.54) is 16.0 Å². The molecule has 5 nitrogen and oxygen atoms in total. The van der Waals surface area contributed by atoms with E-state index in [0.29, 0.717) is 5.92 Å². The van der Waals surface area contributed by atoms with Crippen molar-refractivity contribution < 1.29 is 14.7 Å². The zero-order chi connectivity index (χ0) is 17.3. The molecule has 0 saturated heterocycles. The SMILES string of the molecule is Cc1cccc(C2CCC(NC(=O)C3=C(O)C(=O)N(C)C3)CC2)c1. The quantitative estimate of drug-likeness (QED) is 0.895. The fourth-order valence-corrected chi connectivity index (χ4v) is 3.64. The van der Waals surface area contributed by atoms with Gasteiger partial charge in [0.15, 0.2) is 5.76 Å². The second kappa shape index (κ2) is 6.67. The summed E-state index contributed by atoms with van der Waals surface area (Å²) in [4.78, 5) is 25.2. The van der Waals surface area contributed by atoms with Gasteiger partial charge in [0.05, 0.1) is 12.1 Å². The first-order valence-corrected chi connectivity index (χ1v) is 8.50. The molecule has 0 spiro atoms. The van der Waals surface area contributed by atoms with Gasteiger partial charge in [-0.05, 0) is 44.1 Å². The van der Waals surface area contributed by atoms with Gasteiger partial charge < -0.3 is 15.3 Å². The van der Waals surface area contributed by atoms with E-state index in [9.17, 15) is 14.7 Å². The molecule has 1 aromatic carbocycles. The van der Waals surface area contributed by atoms with Gasteiger partial charge in [-0.3, -0.25) is 9.59 Å². The Balaban J connectivity index is 1.56. The van der Waals surface area contributed by atoms with Crippen LogP contribution in [0.15, 0.2) is 35.6 Å². The summed E-state index contributed by atoms with van der Waals surface area (Å²) < 4.78 is 0. The minimum atomic E-state index is -0.483. The van der Waals surface area contributed by atoms with Crippen LogP contribution in [-0.2, 0) is 9.59 Å². The normalized spacial score (nSPS) is 24.4. The molecule has 2 N–H and O–H groups in total. The van der Waals surface area contributed by atoms with Gasteiger partial charge in [0, 0.05) is 13.1 Å². The molecule has 0 unspecified atom stereocenters. The Morgan fingerprint density at radius 1 is 1.25 bits per heavy atom. The van der Waals surface area contributed by atoms with Crippen molar-refractivity contribution in [3.05, 3.63) is 46.7 Å². The van der Waals surface area contributed by atoms with Crippen molar-refractivity contribution in [1.29, 1.82) is 0 Å². The molecule has 128 valence electrons. The standard InChI is InChI=1S/C19H24N2O3/c1-12-4-3-5-14(10-12)13-6-8-15(9-7-13)20-18(23)16-11-21(2)19(24)17(16)22/h3-5,10,13,15,22H,6-9,11H2,1-2H3,(H,20,23). The molecule has 2 amide bonds. The third-order valence-corrected chi connectivity index (χ3v) is 5.08. The number of carbonyl (C=O) groups excluding carboxylic acids is 2. The van der Waals surface area contributed by atoms with Gasteiger partial charge in [-0.1, -0.05) is 29.8 Å². The molecule has 24 heavy (non-hydrogen) atoms. The van der Waals surface area contributed by atoms with E-state index in [2.05, 4.69) is 36.5 Å². The summed E-state index contributed by atoms with van der Waals surface area (Å²) in [6.45, 7) is 2.28. The Labute approximate surface area is 142 Å². The Hall–Kier alpha value is -2.30. The molecule has 1 fully saturated rings. The minimum Gasteiger partial charge on any atom is -0.503 e. The van der Waals surface area contributed by atoms with E-state index in [1.54, 1.807) is 7.05 Å². The highest BCUT2D eigenvalue weighted by molar-refractivity contribution is 6.06. The second-order valence-electron chi connectivity index (χ2n) is 6.92. The fourth-order valence-electron chi connectivity index (χ4n) is 3.64. The first kappa shape index (κ1) is 16.6. The molecule has 5 heteroatoms. The summed E-state index contributed by atoms with van der Waals surface area (Å²) in [5, 5.41) is 12.8. The molecule has 1 aliphatic heterocycles. The van der Waals surface area contributed by atoms with Gasteiger partial charge in [-0.25, -0.2) is 0 Å². The zero-order valence-electron chi connectivity index (χ0n) is 14.2. The number of nitrogens with zero attached hydrogens (tertiary/aromatic N) is 1. The fraction of sp³-hybridized carbons (Fsp3) is 0.474. The van der Waals surface area contributed by atoms with Crippen molar-refractivity contribution in [2.45, 2.75) is 44.6 Å². The van der Waals surface area contributed by atoms with Gasteiger partial charge in [0.25, 0.3) is 11.8 Å². The molecule has 0 aromatic heterocycles. The molecule has 3 rings (SSSR count). The van der Waals surface area contributed by atoms with E-state index in [4.69, 9.17) is 0 Å². The lowest BCUT2D eigenvalue weighted by Gasteiger charge is -2.29. The number of likely N-dealkylation sites (N-methyl/N-ethyl adjacent to an activating group) is 1. The summed E-state index contributed by atoms with van der Waals surface area (Å²) in [7, 11) is 1.58. The zero-order valence-corrected chi connectivity index (χ0v) is 14.2. The van der Waals surface area contributed by atoms with E-state index < -0.39 is 11.7 Å². The minimum absolute atomic E-state index is 0.111. The molecule has 0 bridgehead atoms. The van der Waals surface area contributed by atoms with Gasteiger partial charge >= 0.3 is 0 Å². The molecular weight excluding hydrogens is 304 g/mol. The van der Waals surface area contributed by atoms with Crippen LogP contribution >= 0.6 is 0 Å². The number of rotatable bonds is 3. The highest BCUT2D eigenvalue weighted by atomic mass is 16.3. The Morgan fingerprint density at radius 2 is 1.96 bits per heavy atom. The van der Waals surface area contributed by atoms with Crippen molar-refractivity contribution in [3.8, 4) is 0 Å². The van der Waals surface area contributed by atoms with Crippen molar-refractivity contribution in [1.82, 2.24) is 10.2 Å². The summed E-state index contributed by atoms with van der Waals surface area (Å²) >= 11 is 0. The highest BCUT2D eigenvalue weighted by Crippen LogP contribution is 2.33. The lowest BCUT2D eigenvalue weighted by Crippen LogP contribution is -2.39. The molecule has 2 aliphatic rings. The van der Waals surface area contributed by atoms with Crippen LogP contribution in [0, 0.1) is 6.92 Å². The molecule has 1 heterocycles. The van der Waals surface area contributed by atoms with E-state index in [0.717, 1.165) is 25.7 Å². The van der Waals surface area contributed by atoms with Crippen LogP contribution in [0.5, 0.6) is 0 Å². The lowest BCUT2D eigenvalue weighted by molar-refractivity contribution is -0.126. The Kier molecular flexibility index (Phi) is 4.60. The summed E-state index contributed by atoms with van der Waals surface area (Å²) in [5.41, 5.74) is 2.84. The van der Waals surface area contributed by atoms with E-state index >= 15 is 0 Å². The van der Waals surface area contributed by atoms with E-state index in [1.807, 2.05) is 0 Å². The third-order valence-electron chi connectivity index (χ3n) is 5.08. The van der Waals surface area contributed by atoms with Crippen LogP contribution in [-0.4, -0.2) is 41.5 Å². The third kappa shape index (κ3) is 3.30. The van der Waals surface area contributed by atoms with Crippen LogP contribution < -0.4 is 5.32 Å². The maximum atomic E-state index is 12.3. The monoisotopic (exact) mass is 328 g/mol. The van der Waals surface area contributed by atoms with Gasteiger partial charge in [-0.2, -0.15) is 0 Å². The first-order valence-electron chi connectivity index (χ1n) is 8.50. The predicted molar refractivity (Wildman–Crippen MR) is 91.6 cm³/mol. The van der Waals surface area contributed by atoms with Gasteiger partial charge in [0.2, 0.25) is 0 Å². The predicted octanol–water partition coefficient (Wildman–Crippen LogP) is 2.42. The van der Waals surface area contributed by atoms with Crippen LogP contribution in [0.2, 0.25) is 0 Å². The number of hydrogen-bond donors (Lipinski definition) is 2. The maximum Gasteiger partial charge on any atom is 0.289 e. The second-order valence-corrected chi connectivity index (χ2v) is 6.92. The molecule has 1 aromatic rings. The highest BCUT2D eigenvalue weighted by Gasteiger charge is 2.33. The number of aliphatic hydroxyl groups excluding tert-OH is 1. The number of amides is 2. The Bertz CT molecular complexity index is 688. The number of aliphatic hydroxyl groups is 1. The number of benzene rings is 1. The first-order chi connectivity index (χ1) is 11.5. The average Bonchev–Trinajstić information content (AvgIpc) is 2.83. The summed E-state index contributed by atoms with van der Waals surface area (Å²) in [6.07, 6.45) is 3.92.